The number of ketones is 1. The van der Waals surface area contributed by atoms with E-state index in [0.717, 1.165) is 33.3 Å². The second kappa shape index (κ2) is 6.62. The minimum atomic E-state index is 0.0577. The molecule has 0 aliphatic carbocycles. The Morgan fingerprint density at radius 1 is 1.12 bits per heavy atom. The molecular weight excluding hydrogens is 298 g/mol. The molecule has 0 aliphatic heterocycles. The summed E-state index contributed by atoms with van der Waals surface area (Å²) in [6.45, 7) is 6.21. The van der Waals surface area contributed by atoms with Crippen LogP contribution in [0.5, 0.6) is 0 Å². The molecule has 0 spiro atoms. The molecule has 1 N–H and O–H groups in total. The van der Waals surface area contributed by atoms with Gasteiger partial charge in [0.1, 0.15) is 0 Å². The fraction of sp³-hybridized carbons (Fsp3) is 0.286. The lowest BCUT2D eigenvalue weighted by molar-refractivity contribution is 0.103. The van der Waals surface area contributed by atoms with Crippen LogP contribution in [-0.2, 0) is 0 Å². The van der Waals surface area contributed by atoms with Crippen molar-refractivity contribution in [3.8, 4) is 0 Å². The summed E-state index contributed by atoms with van der Waals surface area (Å²) in [5.74, 6) is 0.0577. The molecule has 1 aromatic heterocycles. The van der Waals surface area contributed by atoms with Crippen molar-refractivity contribution in [2.75, 3.05) is 6.61 Å². The monoisotopic (exact) mass is 321 g/mol. The molecule has 0 saturated heterocycles. The second-order valence-electron chi connectivity index (χ2n) is 6.41. The third-order valence-corrected chi connectivity index (χ3v) is 4.65. The summed E-state index contributed by atoms with van der Waals surface area (Å²) in [6.07, 6.45) is 0.664. The van der Waals surface area contributed by atoms with Crippen LogP contribution in [0.1, 0.15) is 46.6 Å². The van der Waals surface area contributed by atoms with E-state index in [9.17, 15) is 9.90 Å². The summed E-state index contributed by atoms with van der Waals surface area (Å²) in [7, 11) is 0. The van der Waals surface area contributed by atoms with E-state index in [0.29, 0.717) is 6.42 Å². The van der Waals surface area contributed by atoms with E-state index in [2.05, 4.69) is 11.5 Å². The van der Waals surface area contributed by atoms with Gasteiger partial charge in [0.05, 0.1) is 5.56 Å². The van der Waals surface area contributed by atoms with Crippen molar-refractivity contribution in [2.24, 2.45) is 0 Å². The van der Waals surface area contributed by atoms with Crippen molar-refractivity contribution in [1.29, 1.82) is 0 Å². The summed E-state index contributed by atoms with van der Waals surface area (Å²) >= 11 is 0. The second-order valence-corrected chi connectivity index (χ2v) is 6.41. The molecule has 3 rings (SSSR count). The molecule has 0 aliphatic rings. The first-order chi connectivity index (χ1) is 11.5. The molecular formula is C21H23NO2. The maximum atomic E-state index is 13.2. The highest BCUT2D eigenvalue weighted by atomic mass is 16.3. The number of nitrogens with zero attached hydrogens (tertiary/aromatic N) is 1. The Labute approximate surface area is 142 Å². The summed E-state index contributed by atoms with van der Waals surface area (Å²) in [5.41, 5.74) is 4.57. The maximum absolute atomic E-state index is 13.2. The van der Waals surface area contributed by atoms with Crippen molar-refractivity contribution in [3.05, 3.63) is 70.9 Å². The van der Waals surface area contributed by atoms with Crippen LogP contribution in [0.2, 0.25) is 0 Å². The molecule has 0 amide bonds. The van der Waals surface area contributed by atoms with Gasteiger partial charge in [-0.3, -0.25) is 4.79 Å². The molecule has 0 radical (unpaired) electrons. The van der Waals surface area contributed by atoms with Crippen molar-refractivity contribution in [1.82, 2.24) is 4.57 Å². The SMILES string of the molecule is Cc1cccc(C(=O)c2c(C)n(C(C)CCO)c3ccccc23)c1. The first kappa shape index (κ1) is 16.5. The standard InChI is InChI=1S/C21H23NO2/c1-14-7-6-8-17(13-14)21(24)20-16(3)22(15(2)11-12-23)19-10-5-4-9-18(19)20/h4-10,13,15,23H,11-12H2,1-3H3. The number of hydrogen-bond donors (Lipinski definition) is 1. The molecule has 124 valence electrons. The molecule has 1 atom stereocenters. The van der Waals surface area contributed by atoms with Gasteiger partial charge in [0.2, 0.25) is 0 Å². The lowest BCUT2D eigenvalue weighted by Crippen LogP contribution is -2.10. The summed E-state index contributed by atoms with van der Waals surface area (Å²) in [5, 5.41) is 10.3. The van der Waals surface area contributed by atoms with E-state index in [-0.39, 0.29) is 18.4 Å². The summed E-state index contributed by atoms with van der Waals surface area (Å²) in [6, 6.07) is 15.9. The Morgan fingerprint density at radius 3 is 2.58 bits per heavy atom. The Hall–Kier alpha value is -2.39. The largest absolute Gasteiger partial charge is 0.396 e. The average molecular weight is 321 g/mol. The van der Waals surface area contributed by atoms with Gasteiger partial charge in [0.25, 0.3) is 0 Å². The van der Waals surface area contributed by atoms with Gasteiger partial charge >= 0.3 is 0 Å². The smallest absolute Gasteiger partial charge is 0.195 e. The van der Waals surface area contributed by atoms with Gasteiger partial charge in [0.15, 0.2) is 5.78 Å². The molecule has 0 saturated carbocycles. The molecule has 3 nitrogen and oxygen atoms in total. The van der Waals surface area contributed by atoms with Crippen LogP contribution in [0, 0.1) is 13.8 Å². The number of aliphatic hydroxyl groups excluding tert-OH is 1. The average Bonchev–Trinajstić information content (AvgIpc) is 2.86. The van der Waals surface area contributed by atoms with Crippen LogP contribution in [-0.4, -0.2) is 22.1 Å². The van der Waals surface area contributed by atoms with Gasteiger partial charge in [0, 0.05) is 34.8 Å². The molecule has 1 unspecified atom stereocenters. The molecule has 0 bridgehead atoms. The molecule has 3 aromatic rings. The third kappa shape index (κ3) is 2.76. The first-order valence-corrected chi connectivity index (χ1v) is 8.36. The molecule has 2 aromatic carbocycles. The number of carbonyl (C=O) groups excluding carboxylic acids is 1. The van der Waals surface area contributed by atoms with Crippen molar-refractivity contribution < 1.29 is 9.90 Å². The van der Waals surface area contributed by atoms with E-state index in [1.54, 1.807) is 0 Å². The number of fused-ring (bicyclic) bond motifs is 1. The highest BCUT2D eigenvalue weighted by Gasteiger charge is 2.22. The number of carbonyl (C=O) groups is 1. The van der Waals surface area contributed by atoms with E-state index in [1.807, 2.05) is 62.4 Å². The van der Waals surface area contributed by atoms with E-state index in [1.165, 1.54) is 0 Å². The molecule has 0 fully saturated rings. The Balaban J connectivity index is 2.21. The molecule has 3 heteroatoms. The van der Waals surface area contributed by atoms with E-state index >= 15 is 0 Å². The zero-order valence-corrected chi connectivity index (χ0v) is 14.4. The van der Waals surface area contributed by atoms with Crippen molar-refractivity contribution in [2.45, 2.75) is 33.2 Å². The number of aryl methyl sites for hydroxylation is 1. The van der Waals surface area contributed by atoms with Crippen LogP contribution >= 0.6 is 0 Å². The molecule has 1 heterocycles. The lowest BCUT2D eigenvalue weighted by Gasteiger charge is -2.16. The highest BCUT2D eigenvalue weighted by molar-refractivity contribution is 6.17. The van der Waals surface area contributed by atoms with Gasteiger partial charge in [-0.25, -0.2) is 0 Å². The number of para-hydroxylation sites is 1. The van der Waals surface area contributed by atoms with Gasteiger partial charge < -0.3 is 9.67 Å². The summed E-state index contributed by atoms with van der Waals surface area (Å²) < 4.78 is 2.18. The fourth-order valence-corrected chi connectivity index (χ4v) is 3.49. The lowest BCUT2D eigenvalue weighted by atomic mass is 9.99. The van der Waals surface area contributed by atoms with E-state index < -0.39 is 0 Å². The third-order valence-electron chi connectivity index (χ3n) is 4.65. The van der Waals surface area contributed by atoms with Gasteiger partial charge in [-0.2, -0.15) is 0 Å². The number of rotatable bonds is 5. The normalized spacial score (nSPS) is 12.5. The van der Waals surface area contributed by atoms with Crippen LogP contribution in [0.15, 0.2) is 48.5 Å². The Morgan fingerprint density at radius 2 is 1.88 bits per heavy atom. The van der Waals surface area contributed by atoms with E-state index in [4.69, 9.17) is 0 Å². The van der Waals surface area contributed by atoms with Crippen LogP contribution in [0.4, 0.5) is 0 Å². The Bertz CT molecular complexity index is 892. The Kier molecular flexibility index (Phi) is 4.54. The predicted molar refractivity (Wildman–Crippen MR) is 97.7 cm³/mol. The van der Waals surface area contributed by atoms with Gasteiger partial charge in [-0.15, -0.1) is 0 Å². The topological polar surface area (TPSA) is 42.2 Å². The number of hydrogen-bond acceptors (Lipinski definition) is 2. The number of aliphatic hydroxyl groups is 1. The first-order valence-electron chi connectivity index (χ1n) is 8.36. The predicted octanol–water partition coefficient (Wildman–Crippen LogP) is 4.43. The summed E-state index contributed by atoms with van der Waals surface area (Å²) in [4.78, 5) is 13.2. The van der Waals surface area contributed by atoms with Crippen molar-refractivity contribution >= 4 is 16.7 Å². The zero-order valence-electron chi connectivity index (χ0n) is 14.4. The maximum Gasteiger partial charge on any atom is 0.195 e. The van der Waals surface area contributed by atoms with Crippen LogP contribution in [0.3, 0.4) is 0 Å². The van der Waals surface area contributed by atoms with Gasteiger partial charge in [-0.05, 0) is 39.3 Å². The zero-order chi connectivity index (χ0) is 17.3. The quantitative estimate of drug-likeness (QED) is 0.706. The molecule has 24 heavy (non-hydrogen) atoms. The number of benzene rings is 2. The minimum absolute atomic E-state index is 0.0577. The van der Waals surface area contributed by atoms with Crippen molar-refractivity contribution in [3.63, 3.8) is 0 Å². The minimum Gasteiger partial charge on any atom is -0.396 e. The van der Waals surface area contributed by atoms with Crippen LogP contribution < -0.4 is 0 Å². The highest BCUT2D eigenvalue weighted by Crippen LogP contribution is 2.31. The number of aromatic nitrogens is 1. The van der Waals surface area contributed by atoms with Crippen LogP contribution in [0.25, 0.3) is 10.9 Å². The van der Waals surface area contributed by atoms with Gasteiger partial charge in [-0.1, -0.05) is 42.0 Å². The fourth-order valence-electron chi connectivity index (χ4n) is 3.49.